The van der Waals surface area contributed by atoms with Gasteiger partial charge >= 0.3 is 11.9 Å². The molecule has 1 amide bonds. The fourth-order valence-corrected chi connectivity index (χ4v) is 6.91. The highest BCUT2D eigenvalue weighted by atomic mass is 16.4. The van der Waals surface area contributed by atoms with Crippen LogP contribution in [-0.4, -0.2) is 71.1 Å². The molecule has 7 rings (SSSR count). The van der Waals surface area contributed by atoms with Crippen LogP contribution < -0.4 is 9.80 Å². The first-order valence-corrected chi connectivity index (χ1v) is 14.2. The van der Waals surface area contributed by atoms with Crippen LogP contribution in [-0.2, 0) is 5.41 Å². The van der Waals surface area contributed by atoms with Crippen LogP contribution in [0, 0.1) is 18.8 Å². The van der Waals surface area contributed by atoms with E-state index in [9.17, 15) is 14.7 Å². The maximum absolute atomic E-state index is 13.5. The summed E-state index contributed by atoms with van der Waals surface area (Å²) in [5.41, 5.74) is 4.96. The second-order valence-electron chi connectivity index (χ2n) is 12.0. The van der Waals surface area contributed by atoms with Gasteiger partial charge in [-0.1, -0.05) is 43.3 Å². The topological polar surface area (TPSA) is 103 Å². The number of pyridine rings is 1. The first-order chi connectivity index (χ1) is 19.8. The van der Waals surface area contributed by atoms with E-state index in [4.69, 9.17) is 4.42 Å². The van der Waals surface area contributed by atoms with Crippen LogP contribution in [0.1, 0.15) is 45.6 Å². The van der Waals surface area contributed by atoms with Crippen LogP contribution in [0.4, 0.5) is 11.5 Å². The summed E-state index contributed by atoms with van der Waals surface area (Å²) in [5.74, 6) is 0.191. The Hall–Kier alpha value is -4.40. The molecule has 210 valence electrons. The Morgan fingerprint density at radius 3 is 2.44 bits per heavy atom. The van der Waals surface area contributed by atoms with E-state index in [0.717, 1.165) is 49.4 Å². The van der Waals surface area contributed by atoms with Crippen molar-refractivity contribution in [2.45, 2.75) is 25.7 Å². The van der Waals surface area contributed by atoms with Crippen molar-refractivity contribution in [3.63, 3.8) is 0 Å². The number of aryl methyl sites for hydroxylation is 1. The highest BCUT2D eigenvalue weighted by Gasteiger charge is 2.43. The maximum atomic E-state index is 13.5. The summed E-state index contributed by atoms with van der Waals surface area (Å²) >= 11 is 0. The number of benzene rings is 2. The molecule has 3 aliphatic rings. The Kier molecular flexibility index (Phi) is 5.99. The van der Waals surface area contributed by atoms with Crippen molar-refractivity contribution >= 4 is 34.5 Å². The molecule has 3 aliphatic heterocycles. The summed E-state index contributed by atoms with van der Waals surface area (Å²) in [6.07, 6.45) is 1.07. The van der Waals surface area contributed by atoms with Crippen molar-refractivity contribution in [1.82, 2.24) is 14.9 Å². The molecular weight excluding hydrogens is 518 g/mol. The molecule has 4 aromatic rings. The van der Waals surface area contributed by atoms with Gasteiger partial charge in [0.2, 0.25) is 0 Å². The zero-order valence-corrected chi connectivity index (χ0v) is 23.3. The number of likely N-dealkylation sites (tertiary alicyclic amines) is 1. The van der Waals surface area contributed by atoms with Gasteiger partial charge in [0.1, 0.15) is 11.3 Å². The molecule has 0 aliphatic carbocycles. The van der Waals surface area contributed by atoms with Gasteiger partial charge in [-0.05, 0) is 42.7 Å². The van der Waals surface area contributed by atoms with Gasteiger partial charge in [-0.25, -0.2) is 14.8 Å². The van der Waals surface area contributed by atoms with Crippen LogP contribution in [0.2, 0.25) is 0 Å². The zero-order valence-electron chi connectivity index (χ0n) is 23.3. The van der Waals surface area contributed by atoms with E-state index in [2.05, 4.69) is 63.1 Å². The third kappa shape index (κ3) is 4.49. The molecule has 41 heavy (non-hydrogen) atoms. The number of oxazole rings is 1. The third-order valence-corrected chi connectivity index (χ3v) is 9.21. The summed E-state index contributed by atoms with van der Waals surface area (Å²) in [4.78, 5) is 40.1. The van der Waals surface area contributed by atoms with E-state index >= 15 is 0 Å². The van der Waals surface area contributed by atoms with Crippen molar-refractivity contribution in [2.24, 2.45) is 11.8 Å². The number of fused-ring (bicyclic) bond motifs is 2. The molecule has 2 unspecified atom stereocenters. The number of carboxylic acids is 1. The maximum Gasteiger partial charge on any atom is 0.354 e. The summed E-state index contributed by atoms with van der Waals surface area (Å²) in [5, 5.41) is 9.28. The Morgan fingerprint density at radius 1 is 0.951 bits per heavy atom. The first-order valence-electron chi connectivity index (χ1n) is 14.2. The van der Waals surface area contributed by atoms with Crippen molar-refractivity contribution in [3.8, 4) is 0 Å². The normalized spacial score (nSPS) is 23.9. The fourth-order valence-electron chi connectivity index (χ4n) is 6.91. The van der Waals surface area contributed by atoms with Crippen LogP contribution in [0.3, 0.4) is 0 Å². The van der Waals surface area contributed by atoms with E-state index in [1.165, 1.54) is 11.6 Å². The molecule has 3 saturated heterocycles. The molecule has 0 spiro atoms. The highest BCUT2D eigenvalue weighted by Crippen LogP contribution is 2.38. The first kappa shape index (κ1) is 25.6. The van der Waals surface area contributed by atoms with Gasteiger partial charge in [-0.15, -0.1) is 0 Å². The minimum atomic E-state index is -1.03. The summed E-state index contributed by atoms with van der Waals surface area (Å²) in [7, 11) is 0. The van der Waals surface area contributed by atoms with Crippen molar-refractivity contribution in [1.29, 1.82) is 0 Å². The van der Waals surface area contributed by atoms with Gasteiger partial charge in [0.25, 0.3) is 5.89 Å². The lowest BCUT2D eigenvalue weighted by Gasteiger charge is -2.26. The SMILES string of the molecule is Cc1cc(N2CC[C@](C)(c3ccccc3)C2)cc2oc(C(=O)N3CC4CN(c5cccc(C(=O)O)n5)CC4C3)nc12. The van der Waals surface area contributed by atoms with Gasteiger partial charge in [-0.2, -0.15) is 0 Å². The fraction of sp³-hybridized carbons (Fsp3) is 0.375. The quantitative estimate of drug-likeness (QED) is 0.384. The minimum absolute atomic E-state index is 0.0423. The Balaban J connectivity index is 1.05. The summed E-state index contributed by atoms with van der Waals surface area (Å²) in [6, 6.07) is 19.9. The molecule has 0 saturated carbocycles. The largest absolute Gasteiger partial charge is 0.477 e. The van der Waals surface area contributed by atoms with Gasteiger partial charge in [0.05, 0.1) is 0 Å². The molecule has 2 aromatic carbocycles. The standard InChI is InChI=1S/C32H33N5O4/c1-20-13-24(35-12-11-32(2,19-35)23-7-4-3-5-8-23)14-26-28(20)34-29(41-26)30(38)37-17-21-15-36(16-22(21)18-37)27-10-6-9-25(33-27)31(39)40/h3-10,13-14,21-22H,11-12,15-19H2,1-2H3,(H,39,40)/t21?,22?,32-/m0/s1. The molecule has 5 heterocycles. The molecule has 9 heteroatoms. The number of aromatic nitrogens is 2. The average molecular weight is 552 g/mol. The lowest BCUT2D eigenvalue weighted by Crippen LogP contribution is -2.33. The van der Waals surface area contributed by atoms with Gasteiger partial charge < -0.3 is 24.2 Å². The Bertz CT molecular complexity index is 1640. The van der Waals surface area contributed by atoms with E-state index in [-0.39, 0.29) is 22.9 Å². The van der Waals surface area contributed by atoms with Crippen molar-refractivity contribution in [3.05, 3.63) is 83.4 Å². The molecule has 3 fully saturated rings. The van der Waals surface area contributed by atoms with Crippen molar-refractivity contribution in [2.75, 3.05) is 49.1 Å². The van der Waals surface area contributed by atoms with Gasteiger partial charge in [-0.3, -0.25) is 4.79 Å². The number of carbonyl (C=O) groups excluding carboxylic acids is 1. The van der Waals surface area contributed by atoms with E-state index in [1.54, 1.807) is 6.07 Å². The van der Waals surface area contributed by atoms with Gasteiger partial charge in [0.15, 0.2) is 11.3 Å². The van der Waals surface area contributed by atoms with Crippen LogP contribution in [0.5, 0.6) is 0 Å². The average Bonchev–Trinajstić information content (AvgIpc) is 3.76. The number of carboxylic acid groups (broad SMARTS) is 1. The number of carbonyl (C=O) groups is 2. The number of anilines is 2. The number of hydrogen-bond acceptors (Lipinski definition) is 7. The number of nitrogens with zero attached hydrogens (tertiary/aromatic N) is 5. The highest BCUT2D eigenvalue weighted by molar-refractivity contribution is 5.94. The molecule has 0 bridgehead atoms. The monoisotopic (exact) mass is 551 g/mol. The number of rotatable bonds is 5. The number of aromatic carboxylic acids is 1. The van der Waals surface area contributed by atoms with Crippen molar-refractivity contribution < 1.29 is 19.1 Å². The van der Waals surface area contributed by atoms with Gasteiger partial charge in [0, 0.05) is 68.3 Å². The Morgan fingerprint density at radius 2 is 1.71 bits per heavy atom. The molecule has 1 N–H and O–H groups in total. The number of amides is 1. The molecule has 9 nitrogen and oxygen atoms in total. The zero-order chi connectivity index (χ0) is 28.3. The molecule has 0 radical (unpaired) electrons. The molecule has 2 aromatic heterocycles. The molecular formula is C32H33N5O4. The third-order valence-electron chi connectivity index (χ3n) is 9.21. The lowest BCUT2D eigenvalue weighted by molar-refractivity contribution is 0.0689. The van der Waals surface area contributed by atoms with E-state index < -0.39 is 5.97 Å². The summed E-state index contributed by atoms with van der Waals surface area (Å²) in [6.45, 7) is 8.94. The predicted octanol–water partition coefficient (Wildman–Crippen LogP) is 4.61. The molecule has 3 atom stereocenters. The number of hydrogen-bond donors (Lipinski definition) is 1. The van der Waals surface area contributed by atoms with E-state index in [1.807, 2.05) is 24.0 Å². The Labute approximate surface area is 238 Å². The van der Waals surface area contributed by atoms with E-state index in [0.29, 0.717) is 36.3 Å². The predicted molar refractivity (Wildman–Crippen MR) is 156 cm³/mol. The summed E-state index contributed by atoms with van der Waals surface area (Å²) < 4.78 is 6.10. The van der Waals surface area contributed by atoms with Crippen LogP contribution >= 0.6 is 0 Å². The minimum Gasteiger partial charge on any atom is -0.477 e. The van der Waals surface area contributed by atoms with Crippen LogP contribution in [0.15, 0.2) is 65.1 Å². The smallest absolute Gasteiger partial charge is 0.354 e. The second-order valence-corrected chi connectivity index (χ2v) is 12.0. The van der Waals surface area contributed by atoms with Crippen LogP contribution in [0.25, 0.3) is 11.1 Å². The second kappa shape index (κ2) is 9.61. The lowest BCUT2D eigenvalue weighted by atomic mass is 9.82.